The van der Waals surface area contributed by atoms with Crippen LogP contribution >= 0.6 is 34.2 Å². The first kappa shape index (κ1) is 23.0. The summed E-state index contributed by atoms with van der Waals surface area (Å²) in [4.78, 5) is 26.9. The molecule has 0 unspecified atom stereocenters. The highest BCUT2D eigenvalue weighted by Gasteiger charge is 2.27. The lowest BCUT2D eigenvalue weighted by molar-refractivity contribution is -0.384. The van der Waals surface area contributed by atoms with Crippen molar-refractivity contribution < 1.29 is 23.9 Å². The lowest BCUT2D eigenvalue weighted by Gasteiger charge is -2.16. The minimum absolute atomic E-state index is 0.0179. The molecule has 0 saturated heterocycles. The number of halogens is 2. The monoisotopic (exact) mass is 556 g/mol. The summed E-state index contributed by atoms with van der Waals surface area (Å²) in [7, 11) is 0. The van der Waals surface area contributed by atoms with E-state index >= 15 is 0 Å². The van der Waals surface area contributed by atoms with Gasteiger partial charge in [0, 0.05) is 12.1 Å². The molecule has 162 valence electrons. The molecule has 0 radical (unpaired) electrons. The standard InChI is InChI=1S/C21H18ClIN2O6/c1-4-29-18-9-12(7-16(23)19(18)30-11(2)3)8-17-21(26)31-20(24-17)14-6-5-13(25(27)28)10-15(14)22/h5-11H,4H2,1-3H3/b17-8-. The third-order valence-corrected chi connectivity index (χ3v) is 5.12. The number of non-ortho nitro benzene ring substituents is 1. The molecule has 2 aromatic rings. The van der Waals surface area contributed by atoms with E-state index in [4.69, 9.17) is 25.8 Å². The fourth-order valence-corrected chi connectivity index (χ4v) is 3.77. The van der Waals surface area contributed by atoms with Crippen LogP contribution in [-0.2, 0) is 9.53 Å². The zero-order valence-corrected chi connectivity index (χ0v) is 19.8. The summed E-state index contributed by atoms with van der Waals surface area (Å²) in [6.07, 6.45) is 1.54. The summed E-state index contributed by atoms with van der Waals surface area (Å²) in [5, 5.41) is 10.9. The molecule has 1 aliphatic heterocycles. The van der Waals surface area contributed by atoms with Gasteiger partial charge >= 0.3 is 5.97 Å². The van der Waals surface area contributed by atoms with Gasteiger partial charge in [-0.25, -0.2) is 9.79 Å². The molecule has 0 spiro atoms. The van der Waals surface area contributed by atoms with Gasteiger partial charge in [0.25, 0.3) is 5.69 Å². The molecule has 0 amide bonds. The van der Waals surface area contributed by atoms with Crippen molar-refractivity contribution in [1.29, 1.82) is 0 Å². The molecule has 0 saturated carbocycles. The van der Waals surface area contributed by atoms with Crippen molar-refractivity contribution in [2.24, 2.45) is 4.99 Å². The molecule has 1 heterocycles. The molecule has 10 heteroatoms. The molecule has 1 aliphatic rings. The largest absolute Gasteiger partial charge is 0.490 e. The van der Waals surface area contributed by atoms with Gasteiger partial charge in [-0.05, 0) is 73.2 Å². The molecular formula is C21H18ClIN2O6. The normalized spacial score (nSPS) is 14.6. The number of hydrogen-bond acceptors (Lipinski definition) is 7. The SMILES string of the molecule is CCOc1cc(/C=C2\N=C(c3ccc([N+](=O)[O-])cc3Cl)OC2=O)cc(I)c1OC(C)C. The Bertz CT molecular complexity index is 1110. The van der Waals surface area contributed by atoms with Crippen molar-refractivity contribution in [3.8, 4) is 11.5 Å². The van der Waals surface area contributed by atoms with Gasteiger partial charge in [-0.3, -0.25) is 10.1 Å². The van der Waals surface area contributed by atoms with Crippen LogP contribution in [0.15, 0.2) is 41.0 Å². The van der Waals surface area contributed by atoms with E-state index in [1.807, 2.05) is 26.8 Å². The van der Waals surface area contributed by atoms with E-state index in [0.29, 0.717) is 23.7 Å². The number of carbonyl (C=O) groups excluding carboxylic acids is 1. The molecule has 31 heavy (non-hydrogen) atoms. The maximum Gasteiger partial charge on any atom is 0.363 e. The van der Waals surface area contributed by atoms with Crippen molar-refractivity contribution in [2.75, 3.05) is 6.61 Å². The van der Waals surface area contributed by atoms with E-state index in [-0.39, 0.29) is 34.0 Å². The highest BCUT2D eigenvalue weighted by molar-refractivity contribution is 14.1. The topological polar surface area (TPSA) is 100 Å². The van der Waals surface area contributed by atoms with Gasteiger partial charge in [-0.2, -0.15) is 0 Å². The van der Waals surface area contributed by atoms with Crippen LogP contribution in [0.5, 0.6) is 11.5 Å². The number of hydrogen-bond donors (Lipinski definition) is 0. The van der Waals surface area contributed by atoms with E-state index in [1.165, 1.54) is 18.2 Å². The number of ether oxygens (including phenoxy) is 3. The van der Waals surface area contributed by atoms with Crippen LogP contribution in [0.25, 0.3) is 6.08 Å². The van der Waals surface area contributed by atoms with Crippen LogP contribution in [0.3, 0.4) is 0 Å². The molecule has 0 atom stereocenters. The second-order valence-corrected chi connectivity index (χ2v) is 8.26. The summed E-state index contributed by atoms with van der Waals surface area (Å²) in [5.74, 6) is 0.523. The average molecular weight is 557 g/mol. The van der Waals surface area contributed by atoms with Gasteiger partial charge in [-0.1, -0.05) is 11.6 Å². The van der Waals surface area contributed by atoms with Crippen LogP contribution in [0.4, 0.5) is 5.69 Å². The van der Waals surface area contributed by atoms with Gasteiger partial charge < -0.3 is 14.2 Å². The third kappa shape index (κ3) is 5.34. The fraction of sp³-hybridized carbons (Fsp3) is 0.238. The lowest BCUT2D eigenvalue weighted by atomic mass is 10.1. The average Bonchev–Trinajstić information content (AvgIpc) is 3.04. The van der Waals surface area contributed by atoms with E-state index in [1.54, 1.807) is 12.1 Å². The highest BCUT2D eigenvalue weighted by atomic mass is 127. The maximum absolute atomic E-state index is 12.3. The quantitative estimate of drug-likeness (QED) is 0.149. The molecule has 3 rings (SSSR count). The Morgan fingerprint density at radius 3 is 2.68 bits per heavy atom. The van der Waals surface area contributed by atoms with Gasteiger partial charge in [0.05, 0.1) is 31.8 Å². The molecule has 0 bridgehead atoms. The van der Waals surface area contributed by atoms with Crippen molar-refractivity contribution in [2.45, 2.75) is 26.9 Å². The van der Waals surface area contributed by atoms with Gasteiger partial charge in [0.1, 0.15) is 0 Å². The Hall–Kier alpha value is -2.66. The fourth-order valence-electron chi connectivity index (χ4n) is 2.76. The third-order valence-electron chi connectivity index (χ3n) is 4.00. The number of benzene rings is 2. The number of cyclic esters (lactones) is 1. The summed E-state index contributed by atoms with van der Waals surface area (Å²) in [5.41, 5.74) is 0.862. The predicted octanol–water partition coefficient (Wildman–Crippen LogP) is 5.38. The van der Waals surface area contributed by atoms with Crippen LogP contribution in [0.1, 0.15) is 31.9 Å². The molecule has 2 aromatic carbocycles. The first-order valence-electron chi connectivity index (χ1n) is 9.29. The summed E-state index contributed by atoms with van der Waals surface area (Å²) >= 11 is 8.26. The predicted molar refractivity (Wildman–Crippen MR) is 125 cm³/mol. The highest BCUT2D eigenvalue weighted by Crippen LogP contribution is 2.36. The van der Waals surface area contributed by atoms with Gasteiger partial charge in [0.15, 0.2) is 17.2 Å². The first-order valence-corrected chi connectivity index (χ1v) is 10.7. The minimum Gasteiger partial charge on any atom is -0.490 e. The number of rotatable bonds is 7. The van der Waals surface area contributed by atoms with E-state index in [0.717, 1.165) is 3.57 Å². The summed E-state index contributed by atoms with van der Waals surface area (Å²) < 4.78 is 17.6. The first-order chi connectivity index (χ1) is 14.7. The van der Waals surface area contributed by atoms with E-state index in [9.17, 15) is 14.9 Å². The zero-order valence-electron chi connectivity index (χ0n) is 16.8. The number of esters is 1. The summed E-state index contributed by atoms with van der Waals surface area (Å²) in [6, 6.07) is 7.44. The second-order valence-electron chi connectivity index (χ2n) is 6.69. The van der Waals surface area contributed by atoms with Crippen LogP contribution in [0, 0.1) is 13.7 Å². The molecule has 8 nitrogen and oxygen atoms in total. The molecule has 0 aromatic heterocycles. The zero-order chi connectivity index (χ0) is 22.7. The number of nitrogens with zero attached hydrogens (tertiary/aromatic N) is 2. The van der Waals surface area contributed by atoms with Crippen molar-refractivity contribution in [3.05, 3.63) is 65.9 Å². The van der Waals surface area contributed by atoms with Crippen molar-refractivity contribution in [1.82, 2.24) is 0 Å². The number of aliphatic imine (C=N–C) groups is 1. The van der Waals surface area contributed by atoms with Crippen molar-refractivity contribution in [3.63, 3.8) is 0 Å². The molecule has 0 aliphatic carbocycles. The Morgan fingerprint density at radius 1 is 1.32 bits per heavy atom. The number of carbonyl (C=O) groups is 1. The van der Waals surface area contributed by atoms with Gasteiger partial charge in [-0.15, -0.1) is 0 Å². The number of nitro groups is 1. The van der Waals surface area contributed by atoms with Crippen molar-refractivity contribution >= 4 is 57.8 Å². The van der Waals surface area contributed by atoms with E-state index < -0.39 is 10.9 Å². The molecule has 0 N–H and O–H groups in total. The Kier molecular flexibility index (Phi) is 7.16. The Balaban J connectivity index is 1.97. The molecular weight excluding hydrogens is 539 g/mol. The van der Waals surface area contributed by atoms with Gasteiger partial charge in [0.2, 0.25) is 5.90 Å². The minimum atomic E-state index is -0.653. The lowest BCUT2D eigenvalue weighted by Crippen LogP contribution is -2.09. The van der Waals surface area contributed by atoms with Crippen LogP contribution in [-0.4, -0.2) is 29.5 Å². The Morgan fingerprint density at radius 2 is 2.06 bits per heavy atom. The second kappa shape index (κ2) is 9.65. The maximum atomic E-state index is 12.3. The Labute approximate surface area is 197 Å². The smallest absolute Gasteiger partial charge is 0.363 e. The number of nitro benzene ring substituents is 1. The van der Waals surface area contributed by atoms with Crippen LogP contribution < -0.4 is 9.47 Å². The van der Waals surface area contributed by atoms with Crippen LogP contribution in [0.2, 0.25) is 5.02 Å². The summed E-state index contributed by atoms with van der Waals surface area (Å²) in [6.45, 7) is 6.18. The molecule has 0 fully saturated rings. The van der Waals surface area contributed by atoms with E-state index in [2.05, 4.69) is 27.6 Å².